The maximum atomic E-state index is 12.1. The van der Waals surface area contributed by atoms with Crippen LogP contribution in [0.15, 0.2) is 24.3 Å². The van der Waals surface area contributed by atoms with Crippen molar-refractivity contribution in [3.05, 3.63) is 40.5 Å². The Labute approximate surface area is 128 Å². The lowest BCUT2D eigenvalue weighted by Gasteiger charge is -2.08. The number of anilines is 1. The van der Waals surface area contributed by atoms with Crippen molar-refractivity contribution < 1.29 is 9.53 Å². The van der Waals surface area contributed by atoms with Crippen LogP contribution >= 0.6 is 11.6 Å². The highest BCUT2D eigenvalue weighted by molar-refractivity contribution is 6.30. The average Bonchev–Trinajstić information content (AvgIpc) is 2.86. The molecular weight excluding hydrogens is 290 g/mol. The van der Waals surface area contributed by atoms with Crippen LogP contribution in [0.3, 0.4) is 0 Å². The van der Waals surface area contributed by atoms with Gasteiger partial charge in [0.2, 0.25) is 5.91 Å². The summed E-state index contributed by atoms with van der Waals surface area (Å²) in [7, 11) is 1.56. The number of nitrogens with one attached hydrogen (secondary N) is 2. The van der Waals surface area contributed by atoms with Crippen LogP contribution in [-0.2, 0) is 17.6 Å². The van der Waals surface area contributed by atoms with Crippen molar-refractivity contribution >= 4 is 23.3 Å². The summed E-state index contributed by atoms with van der Waals surface area (Å²) in [6, 6.07) is 7.05. The summed E-state index contributed by atoms with van der Waals surface area (Å²) in [5.74, 6) is 1.01. The molecule has 0 spiro atoms. The molecule has 0 atom stereocenters. The molecule has 0 unspecified atom stereocenters. The Morgan fingerprint density at radius 2 is 2.24 bits per heavy atom. The van der Waals surface area contributed by atoms with Gasteiger partial charge in [-0.1, -0.05) is 24.9 Å². The van der Waals surface area contributed by atoms with Crippen molar-refractivity contribution in [1.82, 2.24) is 10.2 Å². The minimum Gasteiger partial charge on any atom is -0.496 e. The lowest BCUT2D eigenvalue weighted by Crippen LogP contribution is -2.15. The number of hydrogen-bond donors (Lipinski definition) is 2. The van der Waals surface area contributed by atoms with Gasteiger partial charge >= 0.3 is 0 Å². The van der Waals surface area contributed by atoms with Crippen molar-refractivity contribution in [3.8, 4) is 5.75 Å². The molecule has 0 saturated heterocycles. The molecule has 2 aromatic rings. The van der Waals surface area contributed by atoms with Crippen molar-refractivity contribution in [3.63, 3.8) is 0 Å². The van der Waals surface area contributed by atoms with Crippen LogP contribution in [0, 0.1) is 0 Å². The van der Waals surface area contributed by atoms with E-state index in [1.165, 1.54) is 0 Å². The first-order chi connectivity index (χ1) is 10.1. The van der Waals surface area contributed by atoms with E-state index in [1.807, 2.05) is 6.07 Å². The molecule has 6 heteroatoms. The number of hydrogen-bond acceptors (Lipinski definition) is 3. The number of benzene rings is 1. The topological polar surface area (TPSA) is 67.0 Å². The van der Waals surface area contributed by atoms with Crippen molar-refractivity contribution in [1.29, 1.82) is 0 Å². The highest BCUT2D eigenvalue weighted by Crippen LogP contribution is 2.23. The number of ether oxygens (including phenoxy) is 1. The second kappa shape index (κ2) is 7.13. The fourth-order valence-electron chi connectivity index (χ4n) is 2.07. The molecule has 1 aromatic heterocycles. The van der Waals surface area contributed by atoms with Crippen LogP contribution in [-0.4, -0.2) is 23.2 Å². The third kappa shape index (κ3) is 4.23. The summed E-state index contributed by atoms with van der Waals surface area (Å²) in [6.45, 7) is 2.09. The molecule has 21 heavy (non-hydrogen) atoms. The number of H-pyrrole nitrogens is 1. The van der Waals surface area contributed by atoms with E-state index in [4.69, 9.17) is 16.3 Å². The van der Waals surface area contributed by atoms with E-state index in [0.29, 0.717) is 16.6 Å². The molecule has 5 nitrogen and oxygen atoms in total. The van der Waals surface area contributed by atoms with Crippen LogP contribution in [0.4, 0.5) is 5.82 Å². The predicted octanol–water partition coefficient (Wildman–Crippen LogP) is 3.21. The van der Waals surface area contributed by atoms with Gasteiger partial charge < -0.3 is 10.1 Å². The van der Waals surface area contributed by atoms with Crippen LogP contribution < -0.4 is 10.1 Å². The number of carbonyl (C=O) groups is 1. The van der Waals surface area contributed by atoms with Crippen LogP contribution in [0.1, 0.15) is 24.6 Å². The average molecular weight is 308 g/mol. The minimum absolute atomic E-state index is 0.162. The monoisotopic (exact) mass is 307 g/mol. The second-order valence-electron chi connectivity index (χ2n) is 4.71. The molecule has 0 saturated carbocycles. The molecule has 2 N–H and O–H groups in total. The van der Waals surface area contributed by atoms with Crippen LogP contribution in [0.25, 0.3) is 0 Å². The summed E-state index contributed by atoms with van der Waals surface area (Å²) < 4.78 is 5.23. The maximum absolute atomic E-state index is 12.1. The number of nitrogens with zero attached hydrogens (tertiary/aromatic N) is 1. The Morgan fingerprint density at radius 3 is 2.95 bits per heavy atom. The Morgan fingerprint density at radius 1 is 1.43 bits per heavy atom. The van der Waals surface area contributed by atoms with Crippen LogP contribution in [0.2, 0.25) is 5.02 Å². The normalized spacial score (nSPS) is 10.4. The van der Waals surface area contributed by atoms with Gasteiger partial charge in [-0.2, -0.15) is 5.10 Å². The van der Waals surface area contributed by atoms with Gasteiger partial charge in [-0.3, -0.25) is 9.89 Å². The number of rotatable bonds is 6. The van der Waals surface area contributed by atoms with Gasteiger partial charge in [0.05, 0.1) is 13.5 Å². The lowest BCUT2D eigenvalue weighted by atomic mass is 10.1. The maximum Gasteiger partial charge on any atom is 0.230 e. The zero-order chi connectivity index (χ0) is 15.2. The molecule has 1 amide bonds. The molecule has 1 aromatic carbocycles. The largest absolute Gasteiger partial charge is 0.496 e. The standard InChI is InChI=1S/C15H18ClN3O2/c1-3-4-12-9-14(19-18-12)17-15(20)8-10-7-11(16)5-6-13(10)21-2/h5-7,9H,3-4,8H2,1-2H3,(H2,17,18,19,20). The van der Waals surface area contributed by atoms with Crippen molar-refractivity contribution in [2.75, 3.05) is 12.4 Å². The van der Waals surface area contributed by atoms with E-state index in [0.717, 1.165) is 24.1 Å². The third-order valence-electron chi connectivity index (χ3n) is 3.01. The molecule has 0 radical (unpaired) electrons. The first kappa shape index (κ1) is 15.4. The van der Waals surface area contributed by atoms with E-state index >= 15 is 0 Å². The smallest absolute Gasteiger partial charge is 0.230 e. The molecule has 2 rings (SSSR count). The number of halogens is 1. The SMILES string of the molecule is CCCc1cc(NC(=O)Cc2cc(Cl)ccc2OC)n[nH]1. The Balaban J connectivity index is 2.02. The number of aromatic nitrogens is 2. The Kier molecular flexibility index (Phi) is 5.22. The van der Waals surface area contributed by atoms with E-state index < -0.39 is 0 Å². The minimum atomic E-state index is -0.162. The third-order valence-corrected chi connectivity index (χ3v) is 3.25. The molecule has 1 heterocycles. The molecule has 0 aliphatic carbocycles. The number of aromatic amines is 1. The summed E-state index contributed by atoms with van der Waals surface area (Å²) in [4.78, 5) is 12.1. The molecule has 0 aliphatic rings. The first-order valence-electron chi connectivity index (χ1n) is 6.79. The van der Waals surface area contributed by atoms with E-state index in [9.17, 15) is 4.79 Å². The van der Waals surface area contributed by atoms with E-state index in [1.54, 1.807) is 25.3 Å². The number of amides is 1. The predicted molar refractivity (Wildman–Crippen MR) is 82.9 cm³/mol. The molecule has 0 fully saturated rings. The summed E-state index contributed by atoms with van der Waals surface area (Å²) >= 11 is 5.95. The van der Waals surface area contributed by atoms with Gasteiger partial charge in [0, 0.05) is 22.3 Å². The quantitative estimate of drug-likeness (QED) is 0.861. The van der Waals surface area contributed by atoms with Crippen molar-refractivity contribution in [2.24, 2.45) is 0 Å². The van der Waals surface area contributed by atoms with Gasteiger partial charge in [0.15, 0.2) is 5.82 Å². The molecular formula is C15H18ClN3O2. The summed E-state index contributed by atoms with van der Waals surface area (Å²) in [5, 5.41) is 10.3. The van der Waals surface area contributed by atoms with Crippen LogP contribution in [0.5, 0.6) is 5.75 Å². The zero-order valence-electron chi connectivity index (χ0n) is 12.1. The second-order valence-corrected chi connectivity index (χ2v) is 5.15. The van der Waals surface area contributed by atoms with E-state index in [-0.39, 0.29) is 12.3 Å². The van der Waals surface area contributed by atoms with E-state index in [2.05, 4.69) is 22.4 Å². The van der Waals surface area contributed by atoms with Crippen molar-refractivity contribution in [2.45, 2.75) is 26.2 Å². The zero-order valence-corrected chi connectivity index (χ0v) is 12.8. The summed E-state index contributed by atoms with van der Waals surface area (Å²) in [5.41, 5.74) is 1.75. The van der Waals surface area contributed by atoms with Gasteiger partial charge in [0.25, 0.3) is 0 Å². The number of aryl methyl sites for hydroxylation is 1. The van der Waals surface area contributed by atoms with Gasteiger partial charge in [-0.15, -0.1) is 0 Å². The highest BCUT2D eigenvalue weighted by atomic mass is 35.5. The number of carbonyl (C=O) groups excluding carboxylic acids is 1. The van der Waals surface area contributed by atoms with Gasteiger partial charge in [-0.25, -0.2) is 0 Å². The number of methoxy groups -OCH3 is 1. The lowest BCUT2D eigenvalue weighted by molar-refractivity contribution is -0.115. The Hall–Kier alpha value is -2.01. The van der Waals surface area contributed by atoms with Gasteiger partial charge in [-0.05, 0) is 24.6 Å². The van der Waals surface area contributed by atoms with Gasteiger partial charge in [0.1, 0.15) is 5.75 Å². The molecule has 112 valence electrons. The Bertz CT molecular complexity index is 625. The molecule has 0 bridgehead atoms. The fourth-order valence-corrected chi connectivity index (χ4v) is 2.26. The fraction of sp³-hybridized carbons (Fsp3) is 0.333. The highest BCUT2D eigenvalue weighted by Gasteiger charge is 2.11. The summed E-state index contributed by atoms with van der Waals surface area (Å²) in [6.07, 6.45) is 2.11. The molecule has 0 aliphatic heterocycles. The first-order valence-corrected chi connectivity index (χ1v) is 7.16.